The lowest BCUT2D eigenvalue weighted by Gasteiger charge is -2.17. The first-order valence-electron chi connectivity index (χ1n) is 6.11. The monoisotopic (exact) mass is 282 g/mol. The highest BCUT2D eigenvalue weighted by atomic mass is 79.9. The highest BCUT2D eigenvalue weighted by Gasteiger charge is 2.15. The summed E-state index contributed by atoms with van der Waals surface area (Å²) in [4.78, 5) is 4.18. The van der Waals surface area contributed by atoms with Crippen molar-refractivity contribution in [2.24, 2.45) is 5.92 Å². The molecule has 0 saturated heterocycles. The first-order valence-corrected chi connectivity index (χ1v) is 6.90. The fraction of sp³-hybridized carbons (Fsp3) is 0.615. The Morgan fingerprint density at radius 3 is 2.94 bits per heavy atom. The van der Waals surface area contributed by atoms with Gasteiger partial charge in [-0.25, -0.2) is 0 Å². The minimum absolute atomic E-state index is 0.626. The highest BCUT2D eigenvalue weighted by molar-refractivity contribution is 9.10. The van der Waals surface area contributed by atoms with Gasteiger partial charge >= 0.3 is 0 Å². The summed E-state index contributed by atoms with van der Waals surface area (Å²) >= 11 is 3.45. The number of aromatic nitrogens is 1. The van der Waals surface area contributed by atoms with Gasteiger partial charge in [-0.05, 0) is 47.2 Å². The van der Waals surface area contributed by atoms with Crippen LogP contribution in [0.15, 0.2) is 22.9 Å². The fourth-order valence-electron chi connectivity index (χ4n) is 2.36. The van der Waals surface area contributed by atoms with E-state index in [-0.39, 0.29) is 0 Å². The van der Waals surface area contributed by atoms with Crippen LogP contribution < -0.4 is 5.32 Å². The van der Waals surface area contributed by atoms with Gasteiger partial charge in [0, 0.05) is 16.7 Å². The Hall–Kier alpha value is -0.570. The first kappa shape index (κ1) is 11.9. The molecule has 3 heteroatoms. The van der Waals surface area contributed by atoms with Gasteiger partial charge in [0.1, 0.15) is 0 Å². The van der Waals surface area contributed by atoms with Crippen LogP contribution in [0.3, 0.4) is 0 Å². The molecule has 0 spiro atoms. The van der Waals surface area contributed by atoms with Gasteiger partial charge in [0.05, 0.1) is 11.9 Å². The van der Waals surface area contributed by atoms with Gasteiger partial charge in [-0.3, -0.25) is 4.98 Å². The molecule has 0 aromatic carbocycles. The molecule has 0 aliphatic heterocycles. The number of hydrogen-bond acceptors (Lipinski definition) is 2. The smallest absolute Gasteiger partial charge is 0.0540 e. The van der Waals surface area contributed by atoms with Crippen LogP contribution in [0.4, 0.5) is 5.69 Å². The van der Waals surface area contributed by atoms with Crippen molar-refractivity contribution in [3.63, 3.8) is 0 Å². The quantitative estimate of drug-likeness (QED) is 0.822. The molecule has 1 aliphatic rings. The molecule has 1 aromatic heterocycles. The predicted molar refractivity (Wildman–Crippen MR) is 71.6 cm³/mol. The van der Waals surface area contributed by atoms with Gasteiger partial charge in [0.25, 0.3) is 0 Å². The lowest BCUT2D eigenvalue weighted by molar-refractivity contribution is 0.502. The molecular weight excluding hydrogens is 264 g/mol. The second-order valence-corrected chi connectivity index (χ2v) is 5.76. The standard InChI is InChI=1S/C13H19BrN2/c1-10-3-2-4-12(6-5-10)16-13-7-11(14)8-15-9-13/h7-10,12,16H,2-6H2,1H3. The summed E-state index contributed by atoms with van der Waals surface area (Å²) in [7, 11) is 0. The molecule has 0 radical (unpaired) electrons. The Kier molecular flexibility index (Phi) is 4.22. The van der Waals surface area contributed by atoms with E-state index in [2.05, 4.69) is 39.2 Å². The third kappa shape index (κ3) is 3.48. The van der Waals surface area contributed by atoms with Crippen LogP contribution in [0.25, 0.3) is 0 Å². The molecule has 0 bridgehead atoms. The van der Waals surface area contributed by atoms with E-state index >= 15 is 0 Å². The Morgan fingerprint density at radius 1 is 1.25 bits per heavy atom. The number of hydrogen-bond donors (Lipinski definition) is 1. The molecule has 1 heterocycles. The van der Waals surface area contributed by atoms with Crippen molar-refractivity contribution in [1.82, 2.24) is 4.98 Å². The van der Waals surface area contributed by atoms with Crippen LogP contribution in [-0.2, 0) is 0 Å². The van der Waals surface area contributed by atoms with Crippen molar-refractivity contribution < 1.29 is 0 Å². The van der Waals surface area contributed by atoms with Crippen LogP contribution in [0, 0.1) is 5.92 Å². The molecule has 1 aromatic rings. The predicted octanol–water partition coefficient (Wildman–Crippen LogP) is 4.22. The molecule has 16 heavy (non-hydrogen) atoms. The Morgan fingerprint density at radius 2 is 2.12 bits per heavy atom. The molecule has 2 nitrogen and oxygen atoms in total. The average molecular weight is 283 g/mol. The third-order valence-corrected chi connectivity index (χ3v) is 3.77. The summed E-state index contributed by atoms with van der Waals surface area (Å²) in [5.41, 5.74) is 1.13. The lowest BCUT2D eigenvalue weighted by atomic mass is 10.0. The van der Waals surface area contributed by atoms with Crippen molar-refractivity contribution >= 4 is 21.6 Å². The third-order valence-electron chi connectivity index (χ3n) is 3.33. The van der Waals surface area contributed by atoms with Crippen molar-refractivity contribution in [3.05, 3.63) is 22.9 Å². The molecule has 2 atom stereocenters. The number of halogens is 1. The van der Waals surface area contributed by atoms with Crippen molar-refractivity contribution in [2.45, 2.75) is 45.1 Å². The summed E-state index contributed by atoms with van der Waals surface area (Å²) in [5, 5.41) is 3.59. The van der Waals surface area contributed by atoms with E-state index < -0.39 is 0 Å². The number of nitrogens with zero attached hydrogens (tertiary/aromatic N) is 1. The van der Waals surface area contributed by atoms with E-state index in [1.165, 1.54) is 32.1 Å². The van der Waals surface area contributed by atoms with E-state index in [1.807, 2.05) is 12.4 Å². The maximum atomic E-state index is 4.18. The maximum Gasteiger partial charge on any atom is 0.0540 e. The minimum Gasteiger partial charge on any atom is -0.381 e. The van der Waals surface area contributed by atoms with Crippen molar-refractivity contribution in [3.8, 4) is 0 Å². The molecule has 2 rings (SSSR count). The summed E-state index contributed by atoms with van der Waals surface area (Å²) in [6.07, 6.45) is 10.4. The molecule has 1 N–H and O–H groups in total. The van der Waals surface area contributed by atoms with Crippen LogP contribution in [0.2, 0.25) is 0 Å². The molecule has 2 unspecified atom stereocenters. The van der Waals surface area contributed by atoms with Gasteiger partial charge in [0.15, 0.2) is 0 Å². The van der Waals surface area contributed by atoms with Crippen LogP contribution in [0.5, 0.6) is 0 Å². The van der Waals surface area contributed by atoms with Gasteiger partial charge in [-0.15, -0.1) is 0 Å². The van der Waals surface area contributed by atoms with E-state index in [1.54, 1.807) is 0 Å². The Bertz CT molecular complexity index is 340. The van der Waals surface area contributed by atoms with Crippen molar-refractivity contribution in [2.75, 3.05) is 5.32 Å². The van der Waals surface area contributed by atoms with E-state index in [9.17, 15) is 0 Å². The topological polar surface area (TPSA) is 24.9 Å². The summed E-state index contributed by atoms with van der Waals surface area (Å²) in [5.74, 6) is 0.896. The molecular formula is C13H19BrN2. The lowest BCUT2D eigenvalue weighted by Crippen LogP contribution is -2.18. The van der Waals surface area contributed by atoms with Gasteiger partial charge < -0.3 is 5.32 Å². The number of pyridine rings is 1. The summed E-state index contributed by atoms with van der Waals surface area (Å²) in [6, 6.07) is 2.72. The van der Waals surface area contributed by atoms with Gasteiger partial charge in [-0.2, -0.15) is 0 Å². The second kappa shape index (κ2) is 5.67. The fourth-order valence-corrected chi connectivity index (χ4v) is 2.72. The summed E-state index contributed by atoms with van der Waals surface area (Å²) < 4.78 is 1.04. The first-order chi connectivity index (χ1) is 7.74. The van der Waals surface area contributed by atoms with Gasteiger partial charge in [0.2, 0.25) is 0 Å². The Balaban J connectivity index is 1.93. The number of nitrogens with one attached hydrogen (secondary N) is 1. The van der Waals surface area contributed by atoms with Crippen molar-refractivity contribution in [1.29, 1.82) is 0 Å². The van der Waals surface area contributed by atoms with E-state index in [4.69, 9.17) is 0 Å². The van der Waals surface area contributed by atoms with Crippen LogP contribution in [0.1, 0.15) is 39.0 Å². The zero-order valence-corrected chi connectivity index (χ0v) is 11.3. The molecule has 88 valence electrons. The number of rotatable bonds is 2. The SMILES string of the molecule is CC1CCCC(Nc2cncc(Br)c2)CC1. The normalized spacial score (nSPS) is 26.1. The van der Waals surface area contributed by atoms with E-state index in [0.29, 0.717) is 6.04 Å². The largest absolute Gasteiger partial charge is 0.381 e. The minimum atomic E-state index is 0.626. The molecule has 0 amide bonds. The zero-order valence-electron chi connectivity index (χ0n) is 9.75. The summed E-state index contributed by atoms with van der Waals surface area (Å²) in [6.45, 7) is 2.36. The average Bonchev–Trinajstić information content (AvgIpc) is 2.44. The zero-order chi connectivity index (χ0) is 11.4. The number of anilines is 1. The molecule has 1 fully saturated rings. The van der Waals surface area contributed by atoms with Crippen LogP contribution >= 0.6 is 15.9 Å². The van der Waals surface area contributed by atoms with E-state index in [0.717, 1.165) is 16.1 Å². The van der Waals surface area contributed by atoms with Crippen LogP contribution in [-0.4, -0.2) is 11.0 Å². The molecule has 1 aliphatic carbocycles. The maximum absolute atomic E-state index is 4.18. The van der Waals surface area contributed by atoms with Gasteiger partial charge in [-0.1, -0.05) is 19.8 Å². The molecule has 1 saturated carbocycles. The Labute approximate surface area is 106 Å². The second-order valence-electron chi connectivity index (χ2n) is 4.85. The highest BCUT2D eigenvalue weighted by Crippen LogP contribution is 2.25.